The van der Waals surface area contributed by atoms with Gasteiger partial charge in [-0.15, -0.1) is 0 Å². The van der Waals surface area contributed by atoms with Crippen molar-refractivity contribution < 1.29 is 24.2 Å². The number of hydrogen-bond acceptors (Lipinski definition) is 5. The first-order valence-electron chi connectivity index (χ1n) is 9.87. The van der Waals surface area contributed by atoms with Gasteiger partial charge >= 0.3 is 0 Å². The van der Waals surface area contributed by atoms with Gasteiger partial charge in [-0.25, -0.2) is 0 Å². The lowest BCUT2D eigenvalue weighted by Gasteiger charge is -2.39. The predicted molar refractivity (Wildman–Crippen MR) is 115 cm³/mol. The highest BCUT2D eigenvalue weighted by Crippen LogP contribution is 2.36. The molecule has 1 saturated heterocycles. The molecule has 0 aromatic heterocycles. The maximum atomic E-state index is 13.4. The van der Waals surface area contributed by atoms with Gasteiger partial charge in [-0.05, 0) is 42.8 Å². The van der Waals surface area contributed by atoms with Crippen molar-refractivity contribution >= 4 is 35.0 Å². The van der Waals surface area contributed by atoms with E-state index in [0.717, 1.165) is 11.1 Å². The van der Waals surface area contributed by atoms with Crippen LogP contribution in [0.25, 0.3) is 11.1 Å². The summed E-state index contributed by atoms with van der Waals surface area (Å²) in [5, 5.41) is 12.9. The predicted octanol–water partition coefficient (Wildman–Crippen LogP) is 2.00. The van der Waals surface area contributed by atoms with Gasteiger partial charge in [-0.2, -0.15) is 0 Å². The number of fused-ring (bicyclic) bond motifs is 2. The first-order chi connectivity index (χ1) is 14.8. The van der Waals surface area contributed by atoms with Crippen LogP contribution in [0.1, 0.15) is 17.3 Å². The van der Waals surface area contributed by atoms with Crippen molar-refractivity contribution in [2.75, 3.05) is 32.1 Å². The van der Waals surface area contributed by atoms with Gasteiger partial charge in [-0.3, -0.25) is 14.4 Å². The number of anilines is 1. The SMILES string of the molecule is COc1ccc(Cl)cc1-c1ccc2c(c1)C(=O)N1CCN(C(=O)[C@H](C)O)C[C@H]1C(=O)N2. The fourth-order valence-corrected chi connectivity index (χ4v) is 4.16. The molecule has 3 amide bonds. The normalized spacial score (nSPS) is 19.2. The summed E-state index contributed by atoms with van der Waals surface area (Å²) in [6.07, 6.45) is -1.16. The maximum absolute atomic E-state index is 13.4. The van der Waals surface area contributed by atoms with E-state index in [1.165, 1.54) is 16.7 Å². The molecule has 2 aromatic rings. The summed E-state index contributed by atoms with van der Waals surface area (Å²) in [5.74, 6) is -0.525. The molecule has 4 rings (SSSR count). The molecule has 2 heterocycles. The van der Waals surface area contributed by atoms with Gasteiger partial charge in [0.15, 0.2) is 0 Å². The van der Waals surface area contributed by atoms with Gasteiger partial charge in [0, 0.05) is 23.7 Å². The standard InChI is InChI=1S/C22H22ClN3O5/c1-12(27)21(29)25-7-8-26-18(11-25)20(28)24-17-5-3-13(9-16(17)22(26)30)15-10-14(23)4-6-19(15)31-2/h3-6,9-10,12,18,27H,7-8,11H2,1-2H3,(H,24,28)/t12-,18-/m0/s1. The Balaban J connectivity index is 1.70. The zero-order valence-electron chi connectivity index (χ0n) is 17.1. The maximum Gasteiger partial charge on any atom is 0.256 e. The molecule has 0 unspecified atom stereocenters. The number of aliphatic hydroxyl groups is 1. The van der Waals surface area contributed by atoms with E-state index in [1.54, 1.807) is 43.5 Å². The van der Waals surface area contributed by atoms with E-state index < -0.39 is 18.1 Å². The van der Waals surface area contributed by atoms with E-state index in [0.29, 0.717) is 22.0 Å². The van der Waals surface area contributed by atoms with Crippen LogP contribution in [0.2, 0.25) is 5.02 Å². The molecule has 0 radical (unpaired) electrons. The lowest BCUT2D eigenvalue weighted by molar-refractivity contribution is -0.143. The highest BCUT2D eigenvalue weighted by molar-refractivity contribution is 6.31. The van der Waals surface area contributed by atoms with Crippen molar-refractivity contribution in [3.8, 4) is 16.9 Å². The summed E-state index contributed by atoms with van der Waals surface area (Å²) >= 11 is 6.16. The highest BCUT2D eigenvalue weighted by atomic mass is 35.5. The van der Waals surface area contributed by atoms with Crippen LogP contribution in [0.15, 0.2) is 36.4 Å². The summed E-state index contributed by atoms with van der Waals surface area (Å²) in [4.78, 5) is 41.3. The number of methoxy groups -OCH3 is 1. The largest absolute Gasteiger partial charge is 0.496 e. The molecule has 2 aliphatic rings. The number of amides is 3. The monoisotopic (exact) mass is 443 g/mol. The lowest BCUT2D eigenvalue weighted by atomic mass is 10.00. The summed E-state index contributed by atoms with van der Waals surface area (Å²) < 4.78 is 5.43. The minimum Gasteiger partial charge on any atom is -0.496 e. The average Bonchev–Trinajstić information content (AvgIpc) is 2.87. The first-order valence-corrected chi connectivity index (χ1v) is 10.2. The fraction of sp³-hybridized carbons (Fsp3) is 0.318. The van der Waals surface area contributed by atoms with Gasteiger partial charge in [0.1, 0.15) is 17.9 Å². The van der Waals surface area contributed by atoms with Crippen molar-refractivity contribution in [3.63, 3.8) is 0 Å². The molecular weight excluding hydrogens is 422 g/mol. The van der Waals surface area contributed by atoms with Crippen LogP contribution in [0.5, 0.6) is 5.75 Å². The Morgan fingerprint density at radius 1 is 1.19 bits per heavy atom. The number of aliphatic hydroxyl groups excluding tert-OH is 1. The molecule has 9 heteroatoms. The van der Waals surface area contributed by atoms with Crippen LogP contribution < -0.4 is 10.1 Å². The molecule has 162 valence electrons. The van der Waals surface area contributed by atoms with E-state index in [1.807, 2.05) is 0 Å². The van der Waals surface area contributed by atoms with Crippen LogP contribution in [-0.2, 0) is 9.59 Å². The second-order valence-corrected chi connectivity index (χ2v) is 8.01. The van der Waals surface area contributed by atoms with Gasteiger partial charge in [0.05, 0.1) is 24.9 Å². The Bertz CT molecular complexity index is 1070. The molecule has 2 aromatic carbocycles. The van der Waals surface area contributed by atoms with E-state index >= 15 is 0 Å². The van der Waals surface area contributed by atoms with Gasteiger partial charge in [0.2, 0.25) is 5.91 Å². The van der Waals surface area contributed by atoms with Gasteiger partial charge < -0.3 is 25.0 Å². The zero-order chi connectivity index (χ0) is 22.3. The number of piperazine rings is 1. The molecule has 2 aliphatic heterocycles. The van der Waals surface area contributed by atoms with Crippen LogP contribution in [-0.4, -0.2) is 71.5 Å². The minimum absolute atomic E-state index is 0.0320. The molecule has 2 atom stereocenters. The van der Waals surface area contributed by atoms with Gasteiger partial charge in [0.25, 0.3) is 11.8 Å². The van der Waals surface area contributed by atoms with Crippen molar-refractivity contribution in [3.05, 3.63) is 47.0 Å². The number of carbonyl (C=O) groups is 3. The molecule has 2 N–H and O–H groups in total. The van der Waals surface area contributed by atoms with E-state index in [9.17, 15) is 19.5 Å². The second-order valence-electron chi connectivity index (χ2n) is 7.57. The number of halogens is 1. The molecule has 0 bridgehead atoms. The Morgan fingerprint density at radius 2 is 1.97 bits per heavy atom. The number of nitrogens with one attached hydrogen (secondary N) is 1. The lowest BCUT2D eigenvalue weighted by Crippen LogP contribution is -2.60. The molecular formula is C22H22ClN3O5. The average molecular weight is 444 g/mol. The molecule has 8 nitrogen and oxygen atoms in total. The summed E-state index contributed by atoms with van der Waals surface area (Å²) in [6.45, 7) is 1.86. The third-order valence-electron chi connectivity index (χ3n) is 5.59. The summed E-state index contributed by atoms with van der Waals surface area (Å²) in [6, 6.07) is 9.57. The number of ether oxygens (including phenoxy) is 1. The van der Waals surface area contributed by atoms with E-state index in [4.69, 9.17) is 16.3 Å². The highest BCUT2D eigenvalue weighted by Gasteiger charge is 2.41. The molecule has 0 spiro atoms. The van der Waals surface area contributed by atoms with Crippen LogP contribution in [0.4, 0.5) is 5.69 Å². The fourth-order valence-electron chi connectivity index (χ4n) is 3.99. The Labute approximate surface area is 184 Å². The Morgan fingerprint density at radius 3 is 2.68 bits per heavy atom. The summed E-state index contributed by atoms with van der Waals surface area (Å²) in [7, 11) is 1.56. The zero-order valence-corrected chi connectivity index (χ0v) is 17.8. The van der Waals surface area contributed by atoms with E-state index in [2.05, 4.69) is 5.32 Å². The van der Waals surface area contributed by atoms with Crippen LogP contribution >= 0.6 is 11.6 Å². The smallest absolute Gasteiger partial charge is 0.256 e. The van der Waals surface area contributed by atoms with Crippen molar-refractivity contribution in [1.82, 2.24) is 9.80 Å². The third-order valence-corrected chi connectivity index (χ3v) is 5.83. The van der Waals surface area contributed by atoms with Crippen molar-refractivity contribution in [2.24, 2.45) is 0 Å². The van der Waals surface area contributed by atoms with E-state index in [-0.39, 0.29) is 31.4 Å². The third kappa shape index (κ3) is 3.84. The van der Waals surface area contributed by atoms with Crippen molar-refractivity contribution in [1.29, 1.82) is 0 Å². The Kier molecular flexibility index (Phi) is 5.60. The number of rotatable bonds is 3. The number of benzene rings is 2. The van der Waals surface area contributed by atoms with Crippen LogP contribution in [0, 0.1) is 0 Å². The Hall–Kier alpha value is -3.10. The topological polar surface area (TPSA) is 99.2 Å². The van der Waals surface area contributed by atoms with Crippen molar-refractivity contribution in [2.45, 2.75) is 19.1 Å². The molecule has 0 aliphatic carbocycles. The number of hydrogen-bond donors (Lipinski definition) is 2. The first kappa shape index (κ1) is 21.1. The minimum atomic E-state index is -1.16. The molecule has 31 heavy (non-hydrogen) atoms. The number of carbonyl (C=O) groups excluding carboxylic acids is 3. The quantitative estimate of drug-likeness (QED) is 0.756. The molecule has 0 saturated carbocycles. The summed E-state index contributed by atoms with van der Waals surface area (Å²) in [5.41, 5.74) is 2.21. The molecule has 1 fully saturated rings. The van der Waals surface area contributed by atoms with Gasteiger partial charge in [-0.1, -0.05) is 17.7 Å². The number of nitrogens with zero attached hydrogens (tertiary/aromatic N) is 2. The van der Waals surface area contributed by atoms with Crippen LogP contribution in [0.3, 0.4) is 0 Å². The second kappa shape index (κ2) is 8.20.